The summed E-state index contributed by atoms with van der Waals surface area (Å²) in [6.45, 7) is 1.29. The van der Waals surface area contributed by atoms with Crippen LogP contribution in [0.25, 0.3) is 5.69 Å². The van der Waals surface area contributed by atoms with Gasteiger partial charge in [-0.1, -0.05) is 12.1 Å². The highest BCUT2D eigenvalue weighted by Crippen LogP contribution is 2.34. The number of imidazole rings is 1. The van der Waals surface area contributed by atoms with Gasteiger partial charge in [0.25, 0.3) is 0 Å². The summed E-state index contributed by atoms with van der Waals surface area (Å²) < 4.78 is 12.9. The first-order valence-corrected chi connectivity index (χ1v) is 11.6. The molecule has 5 rings (SSSR count). The number of aliphatic hydroxyl groups excluding tert-OH is 4. The predicted octanol–water partition coefficient (Wildman–Crippen LogP) is 1.10. The summed E-state index contributed by atoms with van der Waals surface area (Å²) in [4.78, 5) is 9.19. The molecule has 1 aromatic heterocycles. The van der Waals surface area contributed by atoms with Crippen molar-refractivity contribution >= 4 is 17.7 Å². The molecule has 0 aliphatic carbocycles. The number of benzene rings is 2. The van der Waals surface area contributed by atoms with Gasteiger partial charge in [-0.25, -0.2) is 9.98 Å². The minimum Gasteiger partial charge on any atom is -0.462 e. The highest BCUT2D eigenvalue weighted by atomic mass is 16.7. The van der Waals surface area contributed by atoms with Gasteiger partial charge in [0.2, 0.25) is 6.29 Å². The van der Waals surface area contributed by atoms with Crippen molar-refractivity contribution in [1.29, 1.82) is 10.7 Å². The zero-order valence-corrected chi connectivity index (χ0v) is 19.8. The lowest BCUT2D eigenvalue weighted by Gasteiger charge is -2.39. The molecule has 2 aliphatic rings. The predicted molar refractivity (Wildman–Crippen MR) is 132 cm³/mol. The number of nitrogens with one attached hydrogen (secondary N) is 1. The second kappa shape index (κ2) is 9.85. The van der Waals surface area contributed by atoms with Crippen molar-refractivity contribution in [3.63, 3.8) is 0 Å². The van der Waals surface area contributed by atoms with Crippen LogP contribution >= 0.6 is 0 Å². The molecule has 0 spiro atoms. The van der Waals surface area contributed by atoms with Gasteiger partial charge in [0, 0.05) is 11.9 Å². The molecule has 6 atom stereocenters. The number of nitriles is 1. The Hall–Kier alpha value is -3.92. The lowest BCUT2D eigenvalue weighted by atomic mass is 9.91. The first-order chi connectivity index (χ1) is 17.8. The zero-order chi connectivity index (χ0) is 26.3. The molecule has 37 heavy (non-hydrogen) atoms. The number of fused-ring (bicyclic) bond motifs is 1. The average Bonchev–Trinajstić information content (AvgIpc) is 3.26. The van der Waals surface area contributed by atoms with E-state index in [1.165, 1.54) is 0 Å². The second-order valence-electron chi connectivity index (χ2n) is 8.88. The fourth-order valence-electron chi connectivity index (χ4n) is 4.49. The summed E-state index contributed by atoms with van der Waals surface area (Å²) in [6, 6.07) is 15.9. The van der Waals surface area contributed by atoms with Gasteiger partial charge in [0.1, 0.15) is 41.7 Å². The maximum atomic E-state index is 10.2. The number of nitrogens with zero attached hydrogens (tertiary/aromatic N) is 4. The summed E-state index contributed by atoms with van der Waals surface area (Å²) in [6.07, 6.45) is -5.18. The van der Waals surface area contributed by atoms with E-state index in [0.717, 1.165) is 11.3 Å². The third-order valence-electron chi connectivity index (χ3n) is 6.53. The molecule has 0 saturated carbocycles. The summed E-state index contributed by atoms with van der Waals surface area (Å²) in [5.41, 5.74) is 2.86. The highest BCUT2D eigenvalue weighted by Gasteiger charge is 2.44. The molecule has 1 saturated heterocycles. The molecule has 3 heterocycles. The smallest absolute Gasteiger partial charge is 0.229 e. The largest absolute Gasteiger partial charge is 0.462 e. The van der Waals surface area contributed by atoms with Crippen molar-refractivity contribution in [3.05, 3.63) is 71.2 Å². The van der Waals surface area contributed by atoms with Gasteiger partial charge < -0.3 is 35.3 Å². The molecule has 0 bridgehead atoms. The van der Waals surface area contributed by atoms with Crippen LogP contribution in [-0.2, 0) is 4.74 Å². The van der Waals surface area contributed by atoms with Crippen molar-refractivity contribution < 1.29 is 29.9 Å². The number of aryl methyl sites for hydroxylation is 1. The van der Waals surface area contributed by atoms with Crippen molar-refractivity contribution in [3.8, 4) is 17.5 Å². The number of hydrogen-bond donors (Lipinski definition) is 5. The third-order valence-corrected chi connectivity index (χ3v) is 6.53. The number of ether oxygens (including phenoxy) is 2. The quantitative estimate of drug-likeness (QED) is 0.344. The Morgan fingerprint density at radius 2 is 1.76 bits per heavy atom. The van der Waals surface area contributed by atoms with Gasteiger partial charge >= 0.3 is 0 Å². The number of aliphatic imine (C=N–C) groups is 1. The molecule has 2 aliphatic heterocycles. The van der Waals surface area contributed by atoms with Crippen molar-refractivity contribution in [1.82, 2.24) is 9.55 Å². The van der Waals surface area contributed by atoms with E-state index in [-0.39, 0.29) is 5.71 Å². The number of rotatable bonds is 5. The minimum absolute atomic E-state index is 0.281. The molecular formula is C26H25N5O6. The van der Waals surface area contributed by atoms with Crippen molar-refractivity contribution in [2.75, 3.05) is 6.61 Å². The Labute approximate surface area is 212 Å². The molecular weight excluding hydrogens is 478 g/mol. The molecule has 11 heteroatoms. The molecule has 5 N–H and O–H groups in total. The normalized spacial score (nSPS) is 27.0. The van der Waals surface area contributed by atoms with E-state index in [1.54, 1.807) is 42.6 Å². The van der Waals surface area contributed by atoms with Crippen LogP contribution in [0.3, 0.4) is 0 Å². The Bertz CT molecular complexity index is 1380. The van der Waals surface area contributed by atoms with Crippen LogP contribution in [0.15, 0.2) is 53.5 Å². The Balaban J connectivity index is 1.34. The molecule has 0 radical (unpaired) electrons. The van der Waals surface area contributed by atoms with E-state index >= 15 is 0 Å². The van der Waals surface area contributed by atoms with Crippen LogP contribution in [0, 0.1) is 23.7 Å². The first kappa shape index (κ1) is 24.8. The van der Waals surface area contributed by atoms with E-state index in [9.17, 15) is 20.4 Å². The Kier molecular flexibility index (Phi) is 6.59. The van der Waals surface area contributed by atoms with Crippen LogP contribution in [0.5, 0.6) is 5.75 Å². The lowest BCUT2D eigenvalue weighted by molar-refractivity contribution is -0.277. The summed E-state index contributed by atoms with van der Waals surface area (Å²) in [5.74, 6) is 1.10. The van der Waals surface area contributed by atoms with Crippen LogP contribution in [0.4, 0.5) is 5.82 Å². The maximum Gasteiger partial charge on any atom is 0.229 e. The molecule has 190 valence electrons. The van der Waals surface area contributed by atoms with Crippen molar-refractivity contribution in [2.45, 2.75) is 43.5 Å². The van der Waals surface area contributed by atoms with Crippen LogP contribution < -0.4 is 4.74 Å². The van der Waals surface area contributed by atoms with E-state index in [2.05, 4.69) is 16.0 Å². The lowest BCUT2D eigenvalue weighted by Crippen LogP contribution is -2.60. The maximum absolute atomic E-state index is 10.2. The van der Waals surface area contributed by atoms with E-state index in [0.29, 0.717) is 28.6 Å². The van der Waals surface area contributed by atoms with Gasteiger partial charge in [-0.15, -0.1) is 0 Å². The summed E-state index contributed by atoms with van der Waals surface area (Å²) in [5, 5.41) is 57.3. The van der Waals surface area contributed by atoms with Gasteiger partial charge in [0.15, 0.2) is 5.82 Å². The average molecular weight is 504 g/mol. The van der Waals surface area contributed by atoms with E-state index < -0.39 is 43.2 Å². The van der Waals surface area contributed by atoms with Crippen molar-refractivity contribution in [2.24, 2.45) is 4.99 Å². The minimum atomic E-state index is -1.53. The van der Waals surface area contributed by atoms with Crippen LogP contribution in [0.2, 0.25) is 0 Å². The molecule has 0 amide bonds. The van der Waals surface area contributed by atoms with E-state index in [1.807, 2.05) is 23.6 Å². The van der Waals surface area contributed by atoms with Gasteiger partial charge in [-0.3, -0.25) is 4.57 Å². The third kappa shape index (κ3) is 4.42. The summed E-state index contributed by atoms with van der Waals surface area (Å²) in [7, 11) is 0. The number of aromatic nitrogens is 2. The SMILES string of the molecule is Cc1nc2c(n1-c1ccc(C#N)cc1)N=CC(c1ccc(OC3OC(CO)C(O)C(O)C3O)cc1)C2=N. The van der Waals surface area contributed by atoms with Gasteiger partial charge in [0.05, 0.1) is 29.9 Å². The topological polar surface area (TPSA) is 177 Å². The first-order valence-electron chi connectivity index (χ1n) is 11.6. The Morgan fingerprint density at radius 1 is 1.05 bits per heavy atom. The van der Waals surface area contributed by atoms with Gasteiger partial charge in [-0.05, 0) is 48.9 Å². The standard InChI is InChI=1S/C26H25N5O6/c1-13-30-21-20(28)18(11-29-25(21)31(13)16-6-2-14(10-27)3-7-16)15-4-8-17(9-5-15)36-26-24(35)23(34)22(33)19(12-32)37-26/h2-9,11,18-19,22-24,26,28,32-35H,12H2,1H3. The molecule has 2 aromatic carbocycles. The zero-order valence-electron chi connectivity index (χ0n) is 19.8. The van der Waals surface area contributed by atoms with Crippen LogP contribution in [0.1, 0.15) is 28.6 Å². The van der Waals surface area contributed by atoms with E-state index in [4.69, 9.17) is 20.1 Å². The Morgan fingerprint density at radius 3 is 2.41 bits per heavy atom. The molecule has 6 unspecified atom stereocenters. The fraction of sp³-hybridized carbons (Fsp3) is 0.308. The summed E-state index contributed by atoms with van der Waals surface area (Å²) >= 11 is 0. The monoisotopic (exact) mass is 503 g/mol. The number of hydrogen-bond acceptors (Lipinski definition) is 10. The molecule has 1 fully saturated rings. The fourth-order valence-corrected chi connectivity index (χ4v) is 4.49. The second-order valence-corrected chi connectivity index (χ2v) is 8.88. The van der Waals surface area contributed by atoms with Gasteiger partial charge in [-0.2, -0.15) is 5.26 Å². The number of aliphatic hydroxyl groups is 4. The highest BCUT2D eigenvalue weighted by molar-refractivity contribution is 6.16. The van der Waals surface area contributed by atoms with Crippen LogP contribution in [-0.4, -0.2) is 79.2 Å². The molecule has 11 nitrogen and oxygen atoms in total. The molecule has 3 aromatic rings.